The van der Waals surface area contributed by atoms with Crippen LogP contribution in [0.2, 0.25) is 0 Å². The summed E-state index contributed by atoms with van der Waals surface area (Å²) in [5.41, 5.74) is -0.502. The Bertz CT molecular complexity index is 646. The van der Waals surface area contributed by atoms with Crippen molar-refractivity contribution in [3.8, 4) is 11.5 Å². The molecule has 0 atom stereocenters. The summed E-state index contributed by atoms with van der Waals surface area (Å²) in [6.07, 6.45) is 0. The number of hydrogen-bond donors (Lipinski definition) is 0. The average molecular weight is 269 g/mol. The van der Waals surface area contributed by atoms with Crippen molar-refractivity contribution in [2.75, 3.05) is 0 Å². The third kappa shape index (κ3) is 3.01. The minimum Gasteiger partial charge on any atom is -0.457 e. The molecule has 2 aromatic carbocycles. The SMILES string of the molecule is O=[N+]([O-])c1cc(F)cc(Oc2ccc(F)c(F)c2)c1. The van der Waals surface area contributed by atoms with Gasteiger partial charge >= 0.3 is 0 Å². The van der Waals surface area contributed by atoms with E-state index in [9.17, 15) is 23.3 Å². The van der Waals surface area contributed by atoms with Crippen molar-refractivity contribution >= 4 is 5.69 Å². The largest absolute Gasteiger partial charge is 0.457 e. The molecule has 7 heteroatoms. The van der Waals surface area contributed by atoms with Gasteiger partial charge in [0.25, 0.3) is 5.69 Å². The van der Waals surface area contributed by atoms with Crippen molar-refractivity contribution in [3.05, 3.63) is 64.0 Å². The van der Waals surface area contributed by atoms with Crippen molar-refractivity contribution in [1.29, 1.82) is 0 Å². The van der Waals surface area contributed by atoms with E-state index in [-0.39, 0.29) is 11.5 Å². The first kappa shape index (κ1) is 12.9. The molecule has 0 amide bonds. The number of non-ortho nitro benzene ring substituents is 1. The molecule has 0 aliphatic heterocycles. The number of nitro benzene ring substituents is 1. The van der Waals surface area contributed by atoms with E-state index >= 15 is 0 Å². The van der Waals surface area contributed by atoms with E-state index in [4.69, 9.17) is 4.74 Å². The van der Waals surface area contributed by atoms with Crippen LogP contribution < -0.4 is 4.74 Å². The molecule has 4 nitrogen and oxygen atoms in total. The van der Waals surface area contributed by atoms with E-state index in [1.165, 1.54) is 0 Å². The molecular formula is C12H6F3NO3. The van der Waals surface area contributed by atoms with E-state index < -0.39 is 28.1 Å². The van der Waals surface area contributed by atoms with Gasteiger partial charge in [0.2, 0.25) is 0 Å². The predicted molar refractivity (Wildman–Crippen MR) is 59.5 cm³/mol. The molecule has 0 bridgehead atoms. The predicted octanol–water partition coefficient (Wildman–Crippen LogP) is 3.80. The highest BCUT2D eigenvalue weighted by Gasteiger charge is 2.12. The first-order chi connectivity index (χ1) is 8.95. The molecule has 0 radical (unpaired) electrons. The monoisotopic (exact) mass is 269 g/mol. The lowest BCUT2D eigenvalue weighted by atomic mass is 10.3. The number of nitrogens with zero attached hydrogens (tertiary/aromatic N) is 1. The zero-order valence-electron chi connectivity index (χ0n) is 9.27. The molecule has 19 heavy (non-hydrogen) atoms. The number of benzene rings is 2. The summed E-state index contributed by atoms with van der Waals surface area (Å²) < 4.78 is 43.8. The van der Waals surface area contributed by atoms with Gasteiger partial charge in [0.1, 0.15) is 17.3 Å². The van der Waals surface area contributed by atoms with Crippen LogP contribution >= 0.6 is 0 Å². The van der Waals surface area contributed by atoms with Crippen LogP contribution in [-0.2, 0) is 0 Å². The number of halogens is 3. The molecule has 98 valence electrons. The summed E-state index contributed by atoms with van der Waals surface area (Å²) in [4.78, 5) is 9.74. The van der Waals surface area contributed by atoms with Gasteiger partial charge in [0.05, 0.1) is 17.1 Å². The number of ether oxygens (including phenoxy) is 1. The Kier molecular flexibility index (Phi) is 3.37. The van der Waals surface area contributed by atoms with Crippen molar-refractivity contribution < 1.29 is 22.8 Å². The summed E-state index contributed by atoms with van der Waals surface area (Å²) in [6.45, 7) is 0. The first-order valence-electron chi connectivity index (χ1n) is 5.03. The smallest absolute Gasteiger partial charge is 0.276 e. The molecular weight excluding hydrogens is 263 g/mol. The number of nitro groups is 1. The van der Waals surface area contributed by atoms with Crippen molar-refractivity contribution in [3.63, 3.8) is 0 Å². The Balaban J connectivity index is 2.32. The fraction of sp³-hybridized carbons (Fsp3) is 0. The molecule has 2 rings (SSSR count). The van der Waals surface area contributed by atoms with E-state index in [2.05, 4.69) is 0 Å². The molecule has 0 aliphatic carbocycles. The quantitative estimate of drug-likeness (QED) is 0.629. The van der Waals surface area contributed by atoms with Gasteiger partial charge in [0, 0.05) is 12.1 Å². The Morgan fingerprint density at radius 1 is 0.947 bits per heavy atom. The molecule has 0 fully saturated rings. The van der Waals surface area contributed by atoms with Crippen LogP contribution in [-0.4, -0.2) is 4.92 Å². The highest BCUT2D eigenvalue weighted by Crippen LogP contribution is 2.27. The van der Waals surface area contributed by atoms with E-state index in [0.29, 0.717) is 0 Å². The minimum absolute atomic E-state index is 0.0983. The summed E-state index contributed by atoms with van der Waals surface area (Å²) >= 11 is 0. The highest BCUT2D eigenvalue weighted by atomic mass is 19.2. The second kappa shape index (κ2) is 4.97. The Labute approximate surface area is 105 Å². The maximum Gasteiger partial charge on any atom is 0.276 e. The van der Waals surface area contributed by atoms with Crippen molar-refractivity contribution in [2.45, 2.75) is 0 Å². The van der Waals surface area contributed by atoms with Crippen LogP contribution in [0.15, 0.2) is 36.4 Å². The van der Waals surface area contributed by atoms with Gasteiger partial charge in [-0.2, -0.15) is 0 Å². The average Bonchev–Trinajstić information content (AvgIpc) is 2.33. The molecule has 0 spiro atoms. The Morgan fingerprint density at radius 3 is 2.32 bits per heavy atom. The Morgan fingerprint density at radius 2 is 1.68 bits per heavy atom. The molecule has 0 saturated heterocycles. The molecule has 0 saturated carbocycles. The summed E-state index contributed by atoms with van der Waals surface area (Å²) in [5, 5.41) is 10.5. The highest BCUT2D eigenvalue weighted by molar-refractivity contribution is 5.41. The topological polar surface area (TPSA) is 52.4 Å². The van der Waals surface area contributed by atoms with E-state index in [1.807, 2.05) is 0 Å². The first-order valence-corrected chi connectivity index (χ1v) is 5.03. The number of hydrogen-bond acceptors (Lipinski definition) is 3. The lowest BCUT2D eigenvalue weighted by Gasteiger charge is -2.06. The van der Waals surface area contributed by atoms with Gasteiger partial charge in [-0.15, -0.1) is 0 Å². The van der Waals surface area contributed by atoms with Crippen LogP contribution in [0.5, 0.6) is 11.5 Å². The van der Waals surface area contributed by atoms with Gasteiger partial charge in [0.15, 0.2) is 11.6 Å². The van der Waals surface area contributed by atoms with Crippen LogP contribution in [0.4, 0.5) is 18.9 Å². The zero-order chi connectivity index (χ0) is 14.0. The van der Waals surface area contributed by atoms with Gasteiger partial charge in [-0.3, -0.25) is 10.1 Å². The normalized spacial score (nSPS) is 10.3. The second-order valence-corrected chi connectivity index (χ2v) is 3.58. The molecule has 2 aromatic rings. The van der Waals surface area contributed by atoms with E-state index in [1.54, 1.807) is 0 Å². The van der Waals surface area contributed by atoms with Crippen molar-refractivity contribution in [2.24, 2.45) is 0 Å². The second-order valence-electron chi connectivity index (χ2n) is 3.58. The van der Waals surface area contributed by atoms with Gasteiger partial charge in [-0.1, -0.05) is 0 Å². The van der Waals surface area contributed by atoms with Crippen LogP contribution in [0, 0.1) is 27.6 Å². The summed E-state index contributed by atoms with van der Waals surface area (Å²) in [5.74, 6) is -3.34. The minimum atomic E-state index is -1.14. The van der Waals surface area contributed by atoms with Gasteiger partial charge < -0.3 is 4.74 Å². The lowest BCUT2D eigenvalue weighted by Crippen LogP contribution is -1.92. The lowest BCUT2D eigenvalue weighted by molar-refractivity contribution is -0.385. The molecule has 0 N–H and O–H groups in total. The molecule has 0 aromatic heterocycles. The molecule has 0 heterocycles. The third-order valence-electron chi connectivity index (χ3n) is 2.19. The van der Waals surface area contributed by atoms with E-state index in [0.717, 1.165) is 36.4 Å². The van der Waals surface area contributed by atoms with Crippen molar-refractivity contribution in [1.82, 2.24) is 0 Å². The fourth-order valence-electron chi connectivity index (χ4n) is 1.39. The number of rotatable bonds is 3. The van der Waals surface area contributed by atoms with Gasteiger partial charge in [-0.05, 0) is 12.1 Å². The van der Waals surface area contributed by atoms with Crippen LogP contribution in [0.25, 0.3) is 0 Å². The standard InChI is InChI=1S/C12H6F3NO3/c13-7-3-8(16(17)18)5-10(4-7)19-9-1-2-11(14)12(15)6-9/h1-6H. The van der Waals surface area contributed by atoms with Crippen LogP contribution in [0.3, 0.4) is 0 Å². The Hall–Kier alpha value is -2.57. The summed E-state index contributed by atoms with van der Waals surface area (Å²) in [7, 11) is 0. The third-order valence-corrected chi connectivity index (χ3v) is 2.19. The fourth-order valence-corrected chi connectivity index (χ4v) is 1.39. The maximum atomic E-state index is 13.1. The maximum absolute atomic E-state index is 13.1. The zero-order valence-corrected chi connectivity index (χ0v) is 9.27. The molecule has 0 aliphatic rings. The van der Waals surface area contributed by atoms with Crippen LogP contribution in [0.1, 0.15) is 0 Å². The summed E-state index contributed by atoms with van der Waals surface area (Å²) in [6, 6.07) is 5.30. The van der Waals surface area contributed by atoms with Gasteiger partial charge in [-0.25, -0.2) is 13.2 Å². The molecule has 0 unspecified atom stereocenters.